The van der Waals surface area contributed by atoms with Crippen LogP contribution in [0.3, 0.4) is 0 Å². The molecule has 2 aromatic rings. The highest BCUT2D eigenvalue weighted by Gasteiger charge is 2.14. The molecule has 0 aliphatic rings. The van der Waals surface area contributed by atoms with Crippen LogP contribution < -0.4 is 10.3 Å². The number of hydrogen-bond donors (Lipinski definition) is 1. The number of benzene rings is 1. The van der Waals surface area contributed by atoms with Gasteiger partial charge in [-0.2, -0.15) is 0 Å². The van der Waals surface area contributed by atoms with Crippen LogP contribution in [-0.2, 0) is 29.4 Å². The van der Waals surface area contributed by atoms with Gasteiger partial charge in [0.25, 0.3) is 5.56 Å². The summed E-state index contributed by atoms with van der Waals surface area (Å²) in [6.45, 7) is -0.0414. The Morgan fingerprint density at radius 1 is 1.14 bits per heavy atom. The average Bonchev–Trinajstić information content (AvgIpc) is 2.43. The first-order chi connectivity index (χ1) is 9.89. The molecule has 7 heteroatoms. The number of sulfonamides is 1. The molecule has 1 aromatic heterocycles. The Bertz CT molecular complexity index is 800. The van der Waals surface area contributed by atoms with E-state index >= 15 is 0 Å². The maximum absolute atomic E-state index is 12.0. The Morgan fingerprint density at radius 2 is 1.81 bits per heavy atom. The second-order valence-corrected chi connectivity index (χ2v) is 6.84. The Labute approximate surface area is 128 Å². The van der Waals surface area contributed by atoms with Crippen molar-refractivity contribution >= 4 is 21.6 Å². The van der Waals surface area contributed by atoms with Gasteiger partial charge < -0.3 is 4.57 Å². The third kappa shape index (κ3) is 4.17. The van der Waals surface area contributed by atoms with Gasteiger partial charge in [0.1, 0.15) is 0 Å². The summed E-state index contributed by atoms with van der Waals surface area (Å²) in [5.41, 5.74) is 0.688. The highest BCUT2D eigenvalue weighted by molar-refractivity contribution is 7.88. The molecule has 0 atom stereocenters. The Kier molecular flexibility index (Phi) is 4.82. The maximum Gasteiger partial charge on any atom is 0.254 e. The molecular formula is C14H15ClN2O3S. The minimum atomic E-state index is -3.57. The zero-order chi connectivity index (χ0) is 15.5. The molecule has 0 saturated heterocycles. The fourth-order valence-corrected chi connectivity index (χ4v) is 3.27. The van der Waals surface area contributed by atoms with E-state index in [9.17, 15) is 13.2 Å². The van der Waals surface area contributed by atoms with Crippen molar-refractivity contribution in [2.75, 3.05) is 0 Å². The SMILES string of the molecule is Cn1cccc(CNS(=O)(=O)Cc2ccccc2Cl)c1=O. The van der Waals surface area contributed by atoms with Gasteiger partial charge >= 0.3 is 0 Å². The van der Waals surface area contributed by atoms with Gasteiger partial charge in [-0.3, -0.25) is 4.79 Å². The van der Waals surface area contributed by atoms with Gasteiger partial charge in [-0.25, -0.2) is 13.1 Å². The van der Waals surface area contributed by atoms with Crippen molar-refractivity contribution in [2.45, 2.75) is 12.3 Å². The van der Waals surface area contributed by atoms with E-state index in [1.165, 1.54) is 4.57 Å². The molecule has 0 aliphatic carbocycles. The van der Waals surface area contributed by atoms with Gasteiger partial charge in [0.15, 0.2) is 0 Å². The van der Waals surface area contributed by atoms with Crippen molar-refractivity contribution in [2.24, 2.45) is 7.05 Å². The molecule has 0 spiro atoms. The van der Waals surface area contributed by atoms with Gasteiger partial charge in [0, 0.05) is 30.4 Å². The normalized spacial score (nSPS) is 11.5. The van der Waals surface area contributed by atoms with Gasteiger partial charge in [-0.05, 0) is 17.7 Å². The van der Waals surface area contributed by atoms with E-state index in [1.54, 1.807) is 49.6 Å². The average molecular weight is 327 g/mol. The van der Waals surface area contributed by atoms with Crippen molar-refractivity contribution < 1.29 is 8.42 Å². The first-order valence-corrected chi connectivity index (χ1v) is 8.27. The Balaban J connectivity index is 2.10. The molecule has 1 heterocycles. The molecule has 0 radical (unpaired) electrons. The number of rotatable bonds is 5. The first kappa shape index (κ1) is 15.8. The van der Waals surface area contributed by atoms with Crippen LogP contribution in [0.15, 0.2) is 47.4 Å². The molecule has 21 heavy (non-hydrogen) atoms. The summed E-state index contributed by atoms with van der Waals surface area (Å²) < 4.78 is 27.9. The summed E-state index contributed by atoms with van der Waals surface area (Å²) >= 11 is 5.95. The van der Waals surface area contributed by atoms with Gasteiger partial charge in [0.05, 0.1) is 5.75 Å². The summed E-state index contributed by atoms with van der Waals surface area (Å²) in [4.78, 5) is 11.8. The van der Waals surface area contributed by atoms with E-state index in [0.717, 1.165) is 0 Å². The van der Waals surface area contributed by atoms with Crippen LogP contribution in [0.2, 0.25) is 5.02 Å². The van der Waals surface area contributed by atoms with E-state index < -0.39 is 10.0 Å². The number of nitrogens with zero attached hydrogens (tertiary/aromatic N) is 1. The van der Waals surface area contributed by atoms with Crippen molar-refractivity contribution in [1.29, 1.82) is 0 Å². The molecule has 0 saturated carbocycles. The summed E-state index contributed by atoms with van der Waals surface area (Å²) in [7, 11) is -1.95. The number of nitrogens with one attached hydrogen (secondary N) is 1. The molecular weight excluding hydrogens is 312 g/mol. The lowest BCUT2D eigenvalue weighted by molar-refractivity contribution is 0.580. The number of aromatic nitrogens is 1. The quantitative estimate of drug-likeness (QED) is 0.908. The molecule has 0 aliphatic heterocycles. The van der Waals surface area contributed by atoms with Crippen LogP contribution in [0, 0.1) is 0 Å². The summed E-state index contributed by atoms with van der Waals surface area (Å²) in [5, 5.41) is 0.401. The van der Waals surface area contributed by atoms with Crippen molar-refractivity contribution in [1.82, 2.24) is 9.29 Å². The Hall–Kier alpha value is -1.63. The fourth-order valence-electron chi connectivity index (χ4n) is 1.85. The van der Waals surface area contributed by atoms with Crippen molar-refractivity contribution in [3.05, 3.63) is 69.1 Å². The van der Waals surface area contributed by atoms with E-state index in [0.29, 0.717) is 16.1 Å². The lowest BCUT2D eigenvalue weighted by Crippen LogP contribution is -2.29. The lowest BCUT2D eigenvalue weighted by Gasteiger charge is -2.08. The molecule has 1 aromatic carbocycles. The van der Waals surface area contributed by atoms with Crippen molar-refractivity contribution in [3.8, 4) is 0 Å². The summed E-state index contributed by atoms with van der Waals surface area (Å²) in [5.74, 6) is -0.222. The zero-order valence-electron chi connectivity index (χ0n) is 11.4. The Morgan fingerprint density at radius 3 is 2.52 bits per heavy atom. The van der Waals surface area contributed by atoms with Gasteiger partial charge in [0.2, 0.25) is 10.0 Å². The molecule has 0 amide bonds. The predicted octanol–water partition coefficient (Wildman–Crippen LogP) is 1.66. The van der Waals surface area contributed by atoms with Crippen LogP contribution in [-0.4, -0.2) is 13.0 Å². The minimum absolute atomic E-state index is 0.0414. The van der Waals surface area contributed by atoms with Gasteiger partial charge in [-0.1, -0.05) is 35.9 Å². The number of halogens is 1. The van der Waals surface area contributed by atoms with Crippen molar-refractivity contribution in [3.63, 3.8) is 0 Å². The molecule has 0 bridgehead atoms. The number of aryl methyl sites for hydroxylation is 1. The minimum Gasteiger partial charge on any atom is -0.318 e. The van der Waals surface area contributed by atoms with Crippen LogP contribution in [0.25, 0.3) is 0 Å². The van der Waals surface area contributed by atoms with Crippen LogP contribution in [0.1, 0.15) is 11.1 Å². The van der Waals surface area contributed by atoms with E-state index in [-0.39, 0.29) is 17.9 Å². The highest BCUT2D eigenvalue weighted by atomic mass is 35.5. The zero-order valence-corrected chi connectivity index (χ0v) is 13.0. The standard InChI is InChI=1S/C14H15ClN2O3S/c1-17-8-4-6-11(14(17)18)9-16-21(19,20)10-12-5-2-3-7-13(12)15/h2-8,16H,9-10H2,1H3. The molecule has 5 nitrogen and oxygen atoms in total. The summed E-state index contributed by atoms with van der Waals surface area (Å²) in [6.07, 6.45) is 1.62. The second-order valence-electron chi connectivity index (χ2n) is 4.62. The fraction of sp³-hybridized carbons (Fsp3) is 0.214. The molecule has 0 unspecified atom stereocenters. The van der Waals surface area contributed by atoms with E-state index in [4.69, 9.17) is 11.6 Å². The lowest BCUT2D eigenvalue weighted by atomic mass is 10.2. The second kappa shape index (κ2) is 6.43. The predicted molar refractivity (Wildman–Crippen MR) is 82.6 cm³/mol. The van der Waals surface area contributed by atoms with E-state index in [2.05, 4.69) is 4.72 Å². The van der Waals surface area contributed by atoms with Crippen LogP contribution in [0.4, 0.5) is 0 Å². The van der Waals surface area contributed by atoms with E-state index in [1.807, 2.05) is 0 Å². The number of hydrogen-bond acceptors (Lipinski definition) is 3. The first-order valence-electron chi connectivity index (χ1n) is 6.24. The number of pyridine rings is 1. The molecule has 2 rings (SSSR count). The van der Waals surface area contributed by atoms with Gasteiger partial charge in [-0.15, -0.1) is 0 Å². The maximum atomic E-state index is 12.0. The third-order valence-electron chi connectivity index (χ3n) is 2.99. The smallest absolute Gasteiger partial charge is 0.254 e. The molecule has 112 valence electrons. The molecule has 1 N–H and O–H groups in total. The highest BCUT2D eigenvalue weighted by Crippen LogP contribution is 2.17. The van der Waals surface area contributed by atoms with Crippen LogP contribution in [0.5, 0.6) is 0 Å². The third-order valence-corrected chi connectivity index (χ3v) is 4.63. The summed E-state index contributed by atoms with van der Waals surface area (Å²) in [6, 6.07) is 10.0. The topological polar surface area (TPSA) is 68.2 Å². The monoisotopic (exact) mass is 326 g/mol. The largest absolute Gasteiger partial charge is 0.318 e. The van der Waals surface area contributed by atoms with Crippen LogP contribution >= 0.6 is 11.6 Å². The molecule has 0 fully saturated rings.